The molecule has 0 unspecified atom stereocenters. The Morgan fingerprint density at radius 2 is 1.88 bits per heavy atom. The van der Waals surface area contributed by atoms with Crippen molar-refractivity contribution < 1.29 is 36.6 Å². The minimum atomic E-state index is -4.99. The normalized spacial score (nSPS) is 12.4. The van der Waals surface area contributed by atoms with Crippen molar-refractivity contribution in [3.05, 3.63) is 64.0 Å². The van der Waals surface area contributed by atoms with Crippen LogP contribution in [0.3, 0.4) is 0 Å². The fraction of sp³-hybridized carbons (Fsp3) is 0.333. The number of fused-ring (bicyclic) bond motifs is 1. The molecule has 3 rings (SSSR count). The largest absolute Gasteiger partial charge is 0.479 e. The van der Waals surface area contributed by atoms with Gasteiger partial charge in [0.2, 0.25) is 11.2 Å². The van der Waals surface area contributed by atoms with Crippen LogP contribution >= 0.6 is 0 Å². The summed E-state index contributed by atoms with van der Waals surface area (Å²) in [6, 6.07) is 10.0. The number of benzene rings is 2. The van der Waals surface area contributed by atoms with Gasteiger partial charge in [-0.2, -0.15) is 13.2 Å². The van der Waals surface area contributed by atoms with Crippen LogP contribution in [0.5, 0.6) is 17.2 Å². The maximum atomic E-state index is 13.7. The van der Waals surface area contributed by atoms with Crippen molar-refractivity contribution in [2.24, 2.45) is 0 Å². The van der Waals surface area contributed by atoms with Crippen LogP contribution in [0, 0.1) is 6.92 Å². The molecule has 0 saturated heterocycles. The van der Waals surface area contributed by atoms with Crippen molar-refractivity contribution in [3.63, 3.8) is 0 Å². The van der Waals surface area contributed by atoms with Gasteiger partial charge in [-0.3, -0.25) is 4.79 Å². The van der Waals surface area contributed by atoms with Crippen LogP contribution in [0.1, 0.15) is 38.0 Å². The lowest BCUT2D eigenvalue weighted by atomic mass is 10.2. The van der Waals surface area contributed by atoms with Crippen LogP contribution in [0.15, 0.2) is 51.7 Å². The van der Waals surface area contributed by atoms with Gasteiger partial charge in [0.1, 0.15) is 17.1 Å². The molecule has 0 N–H and O–H groups in total. The first kappa shape index (κ1) is 24.2. The second-order valence-corrected chi connectivity index (χ2v) is 7.44. The minimum absolute atomic E-state index is 0.0473. The number of unbranched alkanes of at least 4 members (excludes halogenated alkanes) is 1. The van der Waals surface area contributed by atoms with E-state index in [1.807, 2.05) is 6.92 Å². The smallest absolute Gasteiger partial charge is 0.453 e. The molecular formula is C24H23F3O6. The number of halogens is 3. The Balaban J connectivity index is 1.96. The Labute approximate surface area is 187 Å². The first-order chi connectivity index (χ1) is 15.6. The molecule has 1 aromatic heterocycles. The Kier molecular flexibility index (Phi) is 7.30. The van der Waals surface area contributed by atoms with Gasteiger partial charge < -0.3 is 18.6 Å². The zero-order valence-electron chi connectivity index (χ0n) is 18.3. The molecule has 0 spiro atoms. The van der Waals surface area contributed by atoms with E-state index in [-0.39, 0.29) is 29.1 Å². The molecule has 0 aliphatic heterocycles. The summed E-state index contributed by atoms with van der Waals surface area (Å²) < 4.78 is 62.0. The number of rotatable bonds is 8. The highest BCUT2D eigenvalue weighted by Crippen LogP contribution is 2.38. The lowest BCUT2D eigenvalue weighted by Gasteiger charge is -2.16. The quantitative estimate of drug-likeness (QED) is 0.300. The summed E-state index contributed by atoms with van der Waals surface area (Å²) in [4.78, 5) is 24.9. The van der Waals surface area contributed by atoms with E-state index in [1.165, 1.54) is 31.2 Å². The SMILES string of the molecule is CCCCOC(=O)[C@H](C)Oc1ccc2c(=O)c(Oc3cccc(C)c3)c(C(F)(F)F)oc2c1. The highest BCUT2D eigenvalue weighted by molar-refractivity contribution is 5.80. The van der Waals surface area contributed by atoms with Gasteiger partial charge in [0, 0.05) is 6.07 Å². The van der Waals surface area contributed by atoms with Crippen LogP contribution in [0.25, 0.3) is 11.0 Å². The number of ether oxygens (including phenoxy) is 3. The van der Waals surface area contributed by atoms with E-state index < -0.39 is 35.2 Å². The summed E-state index contributed by atoms with van der Waals surface area (Å²) in [5.74, 6) is -3.01. The number of hydrogen-bond donors (Lipinski definition) is 0. The molecule has 0 radical (unpaired) electrons. The van der Waals surface area contributed by atoms with Crippen molar-refractivity contribution in [1.82, 2.24) is 0 Å². The predicted molar refractivity (Wildman–Crippen MR) is 115 cm³/mol. The topological polar surface area (TPSA) is 75.0 Å². The summed E-state index contributed by atoms with van der Waals surface area (Å²) in [5, 5.41) is -0.129. The monoisotopic (exact) mass is 464 g/mol. The van der Waals surface area contributed by atoms with Crippen molar-refractivity contribution in [2.75, 3.05) is 6.61 Å². The van der Waals surface area contributed by atoms with Crippen molar-refractivity contribution in [2.45, 2.75) is 45.9 Å². The third-order valence-corrected chi connectivity index (χ3v) is 4.68. The molecule has 0 amide bonds. The molecule has 0 saturated carbocycles. The van der Waals surface area contributed by atoms with Crippen LogP contribution in [-0.4, -0.2) is 18.7 Å². The lowest BCUT2D eigenvalue weighted by molar-refractivity contribution is -0.154. The second kappa shape index (κ2) is 9.97. The number of alkyl halides is 3. The summed E-state index contributed by atoms with van der Waals surface area (Å²) in [6.07, 6.45) is -4.44. The van der Waals surface area contributed by atoms with Gasteiger partial charge in [-0.15, -0.1) is 0 Å². The van der Waals surface area contributed by atoms with Crippen molar-refractivity contribution in [1.29, 1.82) is 0 Å². The van der Waals surface area contributed by atoms with Crippen molar-refractivity contribution in [3.8, 4) is 17.2 Å². The molecule has 3 aromatic rings. The molecule has 0 bridgehead atoms. The highest BCUT2D eigenvalue weighted by atomic mass is 19.4. The summed E-state index contributed by atoms with van der Waals surface area (Å²) in [6.45, 7) is 5.38. The Morgan fingerprint density at radius 3 is 2.55 bits per heavy atom. The van der Waals surface area contributed by atoms with E-state index in [4.69, 9.17) is 18.6 Å². The molecule has 0 fully saturated rings. The standard InChI is InChI=1S/C24H23F3O6/c1-4-5-11-30-23(29)15(3)31-17-9-10-18-19(13-17)33-22(24(25,26)27)21(20(18)28)32-16-8-6-7-14(2)12-16/h6-10,12-13,15H,4-5,11H2,1-3H3/t15-/m0/s1. The minimum Gasteiger partial charge on any atom is -0.479 e. The lowest BCUT2D eigenvalue weighted by Crippen LogP contribution is -2.26. The Hall–Kier alpha value is -3.49. The average molecular weight is 464 g/mol. The van der Waals surface area contributed by atoms with E-state index in [0.29, 0.717) is 6.42 Å². The van der Waals surface area contributed by atoms with Crippen LogP contribution in [-0.2, 0) is 15.7 Å². The number of hydrogen-bond acceptors (Lipinski definition) is 6. The predicted octanol–water partition coefficient (Wildman–Crippen LogP) is 6.02. The molecule has 33 heavy (non-hydrogen) atoms. The fourth-order valence-electron chi connectivity index (χ4n) is 2.99. The number of carbonyl (C=O) groups excluding carboxylic acids is 1. The zero-order valence-corrected chi connectivity index (χ0v) is 18.3. The van der Waals surface area contributed by atoms with E-state index >= 15 is 0 Å². The average Bonchev–Trinajstić information content (AvgIpc) is 2.75. The van der Waals surface area contributed by atoms with Gasteiger partial charge >= 0.3 is 12.1 Å². The molecule has 1 heterocycles. The maximum absolute atomic E-state index is 13.7. The maximum Gasteiger partial charge on any atom is 0.453 e. The number of esters is 1. The van der Waals surface area contributed by atoms with Crippen LogP contribution < -0.4 is 14.9 Å². The van der Waals surface area contributed by atoms with Gasteiger partial charge in [-0.25, -0.2) is 4.79 Å². The first-order valence-corrected chi connectivity index (χ1v) is 10.4. The van der Waals surface area contributed by atoms with Crippen LogP contribution in [0.2, 0.25) is 0 Å². The van der Waals surface area contributed by atoms with E-state index in [9.17, 15) is 22.8 Å². The third kappa shape index (κ3) is 5.85. The number of aryl methyl sites for hydroxylation is 1. The molecule has 2 aromatic carbocycles. The zero-order chi connectivity index (χ0) is 24.2. The second-order valence-electron chi connectivity index (χ2n) is 7.44. The first-order valence-electron chi connectivity index (χ1n) is 10.4. The molecule has 176 valence electrons. The molecule has 0 aliphatic rings. The molecule has 0 aliphatic carbocycles. The Bertz CT molecular complexity index is 1200. The van der Waals surface area contributed by atoms with Gasteiger partial charge in [0.15, 0.2) is 6.10 Å². The molecule has 1 atom stereocenters. The summed E-state index contributed by atoms with van der Waals surface area (Å²) in [5.41, 5.74) is -0.591. The van der Waals surface area contributed by atoms with Crippen molar-refractivity contribution >= 4 is 16.9 Å². The van der Waals surface area contributed by atoms with Gasteiger partial charge in [-0.05, 0) is 50.1 Å². The summed E-state index contributed by atoms with van der Waals surface area (Å²) in [7, 11) is 0. The van der Waals surface area contributed by atoms with Crippen LogP contribution in [0.4, 0.5) is 13.2 Å². The molecule has 6 nitrogen and oxygen atoms in total. The van der Waals surface area contributed by atoms with Gasteiger partial charge in [0.25, 0.3) is 5.76 Å². The fourth-order valence-corrected chi connectivity index (χ4v) is 2.99. The third-order valence-electron chi connectivity index (χ3n) is 4.68. The molecular weight excluding hydrogens is 441 g/mol. The van der Waals surface area contributed by atoms with E-state index in [1.54, 1.807) is 19.1 Å². The Morgan fingerprint density at radius 1 is 1.12 bits per heavy atom. The molecule has 9 heteroatoms. The highest BCUT2D eigenvalue weighted by Gasteiger charge is 2.40. The van der Waals surface area contributed by atoms with Gasteiger partial charge in [-0.1, -0.05) is 25.5 Å². The van der Waals surface area contributed by atoms with E-state index in [0.717, 1.165) is 18.1 Å². The van der Waals surface area contributed by atoms with Gasteiger partial charge in [0.05, 0.1) is 12.0 Å². The number of carbonyl (C=O) groups is 1. The van der Waals surface area contributed by atoms with E-state index in [2.05, 4.69) is 0 Å². The summed E-state index contributed by atoms with van der Waals surface area (Å²) >= 11 is 0.